The second kappa shape index (κ2) is 9.30. The van der Waals surface area contributed by atoms with E-state index in [0.29, 0.717) is 19.1 Å². The first-order valence-electron chi connectivity index (χ1n) is 8.04. The molecule has 1 saturated carbocycles. The molecule has 0 saturated heterocycles. The highest BCUT2D eigenvalue weighted by Crippen LogP contribution is 2.22. The van der Waals surface area contributed by atoms with Gasteiger partial charge < -0.3 is 20.1 Å². The van der Waals surface area contributed by atoms with E-state index in [0.717, 1.165) is 18.0 Å². The Bertz CT molecular complexity index is 442. The molecule has 1 aliphatic rings. The lowest BCUT2D eigenvalue weighted by molar-refractivity contribution is 0.146. The molecule has 0 aliphatic heterocycles. The lowest BCUT2D eigenvalue weighted by Crippen LogP contribution is -2.33. The molecule has 1 aromatic carbocycles. The third-order valence-corrected chi connectivity index (χ3v) is 3.94. The van der Waals surface area contributed by atoms with Crippen molar-refractivity contribution in [3.63, 3.8) is 0 Å². The molecule has 0 aromatic heterocycles. The monoisotopic (exact) mass is 306 g/mol. The first kappa shape index (κ1) is 16.6. The molecule has 122 valence electrons. The maximum absolute atomic E-state index is 11.9. The van der Waals surface area contributed by atoms with Crippen LogP contribution in [0.1, 0.15) is 32.1 Å². The van der Waals surface area contributed by atoms with E-state index >= 15 is 0 Å². The summed E-state index contributed by atoms with van der Waals surface area (Å²) in [5.74, 6) is 1.40. The molecule has 1 fully saturated rings. The molecule has 0 heterocycles. The Morgan fingerprint density at radius 3 is 2.55 bits per heavy atom. The number of urea groups is 1. The van der Waals surface area contributed by atoms with Gasteiger partial charge in [0.05, 0.1) is 6.61 Å². The van der Waals surface area contributed by atoms with Crippen molar-refractivity contribution in [2.45, 2.75) is 32.1 Å². The zero-order valence-corrected chi connectivity index (χ0v) is 13.3. The molecule has 2 rings (SSSR count). The van der Waals surface area contributed by atoms with Crippen LogP contribution in [0.4, 0.5) is 10.5 Å². The first-order chi connectivity index (χ1) is 10.8. The Hall–Kier alpha value is -1.75. The summed E-state index contributed by atoms with van der Waals surface area (Å²) < 4.78 is 10.4. The van der Waals surface area contributed by atoms with Crippen molar-refractivity contribution < 1.29 is 14.3 Å². The molecule has 1 aromatic rings. The van der Waals surface area contributed by atoms with Crippen LogP contribution in [-0.4, -0.2) is 32.9 Å². The van der Waals surface area contributed by atoms with Crippen LogP contribution < -0.4 is 15.4 Å². The summed E-state index contributed by atoms with van der Waals surface area (Å²) in [5, 5.41) is 5.81. The number of nitrogens with one attached hydrogen (secondary N) is 2. The molecule has 2 amide bonds. The average Bonchev–Trinajstić information content (AvgIpc) is 2.56. The minimum atomic E-state index is -0.140. The molecular weight excluding hydrogens is 280 g/mol. The number of rotatable bonds is 7. The number of methoxy groups -OCH3 is 1. The second-order valence-electron chi connectivity index (χ2n) is 5.70. The van der Waals surface area contributed by atoms with E-state index in [9.17, 15) is 4.79 Å². The molecule has 0 bridgehead atoms. The number of benzene rings is 1. The van der Waals surface area contributed by atoms with Gasteiger partial charge in [-0.3, -0.25) is 0 Å². The van der Waals surface area contributed by atoms with Crippen LogP contribution in [0.5, 0.6) is 5.75 Å². The van der Waals surface area contributed by atoms with Gasteiger partial charge >= 0.3 is 6.03 Å². The van der Waals surface area contributed by atoms with Gasteiger partial charge in [0.1, 0.15) is 12.4 Å². The normalized spacial score (nSPS) is 15.3. The number of ether oxygens (including phenoxy) is 2. The minimum Gasteiger partial charge on any atom is -0.491 e. The van der Waals surface area contributed by atoms with E-state index in [1.54, 1.807) is 7.11 Å². The zero-order chi connectivity index (χ0) is 15.6. The fourth-order valence-electron chi connectivity index (χ4n) is 2.68. The highest BCUT2D eigenvalue weighted by atomic mass is 16.5. The van der Waals surface area contributed by atoms with Crippen molar-refractivity contribution in [1.29, 1.82) is 0 Å². The lowest BCUT2D eigenvalue weighted by Gasteiger charge is -2.21. The van der Waals surface area contributed by atoms with Crippen LogP contribution in [0, 0.1) is 5.92 Å². The Labute approximate surface area is 132 Å². The van der Waals surface area contributed by atoms with Gasteiger partial charge in [-0.25, -0.2) is 4.79 Å². The van der Waals surface area contributed by atoms with E-state index in [1.807, 2.05) is 24.3 Å². The van der Waals surface area contributed by atoms with Crippen molar-refractivity contribution in [3.05, 3.63) is 24.3 Å². The quantitative estimate of drug-likeness (QED) is 0.759. The van der Waals surface area contributed by atoms with Gasteiger partial charge in [-0.05, 0) is 43.0 Å². The largest absolute Gasteiger partial charge is 0.491 e. The molecule has 1 aliphatic carbocycles. The van der Waals surface area contributed by atoms with Crippen LogP contribution in [0.25, 0.3) is 0 Å². The Morgan fingerprint density at radius 1 is 1.14 bits per heavy atom. The summed E-state index contributed by atoms with van der Waals surface area (Å²) >= 11 is 0. The first-order valence-corrected chi connectivity index (χ1v) is 8.04. The topological polar surface area (TPSA) is 59.6 Å². The van der Waals surface area contributed by atoms with Crippen LogP contribution >= 0.6 is 0 Å². The molecule has 5 heteroatoms. The predicted octanol–water partition coefficient (Wildman–Crippen LogP) is 3.41. The van der Waals surface area contributed by atoms with E-state index in [4.69, 9.17) is 9.47 Å². The fraction of sp³-hybridized carbons (Fsp3) is 0.588. The van der Waals surface area contributed by atoms with Crippen LogP contribution in [0.15, 0.2) is 24.3 Å². The third kappa shape index (κ3) is 5.93. The van der Waals surface area contributed by atoms with Gasteiger partial charge in [0, 0.05) is 19.3 Å². The number of carbonyl (C=O) groups is 1. The highest BCUT2D eigenvalue weighted by Gasteiger charge is 2.14. The van der Waals surface area contributed by atoms with Crippen LogP contribution in [-0.2, 0) is 4.74 Å². The molecule has 5 nitrogen and oxygen atoms in total. The Balaban J connectivity index is 1.69. The number of carbonyl (C=O) groups excluding carboxylic acids is 1. The summed E-state index contributed by atoms with van der Waals surface area (Å²) in [5.41, 5.74) is 0.764. The van der Waals surface area contributed by atoms with E-state index in [2.05, 4.69) is 10.6 Å². The highest BCUT2D eigenvalue weighted by molar-refractivity contribution is 5.89. The number of hydrogen-bond donors (Lipinski definition) is 2. The maximum atomic E-state index is 11.9. The van der Waals surface area contributed by atoms with Crippen molar-refractivity contribution in [2.75, 3.05) is 32.2 Å². The average molecular weight is 306 g/mol. The molecule has 0 radical (unpaired) electrons. The molecule has 0 unspecified atom stereocenters. The minimum absolute atomic E-state index is 0.140. The van der Waals surface area contributed by atoms with E-state index in [-0.39, 0.29) is 6.03 Å². The zero-order valence-electron chi connectivity index (χ0n) is 13.3. The van der Waals surface area contributed by atoms with E-state index in [1.165, 1.54) is 32.1 Å². The standard InChI is InChI=1S/C17H26N2O3/c1-21-11-12-22-16-9-7-15(8-10-16)19-17(20)18-13-14-5-3-2-4-6-14/h7-10,14H,2-6,11-13H2,1H3,(H2,18,19,20). The van der Waals surface area contributed by atoms with Gasteiger partial charge in [-0.2, -0.15) is 0 Å². The summed E-state index contributed by atoms with van der Waals surface area (Å²) in [4.78, 5) is 11.9. The number of amides is 2. The Morgan fingerprint density at radius 2 is 1.86 bits per heavy atom. The van der Waals surface area contributed by atoms with Crippen molar-refractivity contribution in [1.82, 2.24) is 5.32 Å². The van der Waals surface area contributed by atoms with Gasteiger partial charge in [0.15, 0.2) is 0 Å². The number of hydrogen-bond acceptors (Lipinski definition) is 3. The van der Waals surface area contributed by atoms with Gasteiger partial charge in [-0.15, -0.1) is 0 Å². The summed E-state index contributed by atoms with van der Waals surface area (Å²) in [6, 6.07) is 7.21. The fourth-order valence-corrected chi connectivity index (χ4v) is 2.68. The molecule has 22 heavy (non-hydrogen) atoms. The molecule has 2 N–H and O–H groups in total. The molecular formula is C17H26N2O3. The van der Waals surface area contributed by atoms with Crippen molar-refractivity contribution in [2.24, 2.45) is 5.92 Å². The second-order valence-corrected chi connectivity index (χ2v) is 5.70. The maximum Gasteiger partial charge on any atom is 0.319 e. The van der Waals surface area contributed by atoms with Gasteiger partial charge in [-0.1, -0.05) is 19.3 Å². The lowest BCUT2D eigenvalue weighted by atomic mass is 9.89. The van der Waals surface area contributed by atoms with Crippen LogP contribution in [0.3, 0.4) is 0 Å². The van der Waals surface area contributed by atoms with Crippen molar-refractivity contribution >= 4 is 11.7 Å². The van der Waals surface area contributed by atoms with Gasteiger partial charge in [0.25, 0.3) is 0 Å². The number of anilines is 1. The Kier molecular flexibility index (Phi) is 7.03. The SMILES string of the molecule is COCCOc1ccc(NC(=O)NCC2CCCCC2)cc1. The third-order valence-electron chi connectivity index (χ3n) is 3.94. The molecule has 0 atom stereocenters. The smallest absolute Gasteiger partial charge is 0.319 e. The van der Waals surface area contributed by atoms with Crippen LogP contribution in [0.2, 0.25) is 0 Å². The van der Waals surface area contributed by atoms with Gasteiger partial charge in [0.2, 0.25) is 0 Å². The van der Waals surface area contributed by atoms with E-state index < -0.39 is 0 Å². The summed E-state index contributed by atoms with van der Waals surface area (Å²) in [6.07, 6.45) is 6.38. The predicted molar refractivity (Wildman–Crippen MR) is 87.4 cm³/mol. The van der Waals surface area contributed by atoms with Crippen molar-refractivity contribution in [3.8, 4) is 5.75 Å². The summed E-state index contributed by atoms with van der Waals surface area (Å²) in [7, 11) is 1.64. The molecule has 0 spiro atoms. The summed E-state index contributed by atoms with van der Waals surface area (Å²) in [6.45, 7) is 1.85.